The molecular weight excluding hydrogens is 1000 g/mol. The summed E-state index contributed by atoms with van der Waals surface area (Å²) in [7, 11) is 5.89. The molecule has 0 spiro atoms. The minimum atomic E-state index is -2.89. The number of aliphatic hydroxyl groups is 8. The normalized spacial score (nSPS) is 31.0. The number of rotatable bonds is 12. The van der Waals surface area contributed by atoms with Crippen LogP contribution < -0.4 is 22.1 Å². The number of nitrogens with two attached hydrogens (primary N) is 2. The summed E-state index contributed by atoms with van der Waals surface area (Å²) in [6.45, 7) is 3.03. The topological polar surface area (TPSA) is 456 Å². The molecule has 12 atom stereocenters. The van der Waals surface area contributed by atoms with Crippen LogP contribution in [-0.2, 0) is 39.2 Å². The fourth-order valence-corrected chi connectivity index (χ4v) is 12.2. The molecule has 0 radical (unpaired) electrons. The number of carboxylic acid groups (broad SMARTS) is 1. The first kappa shape index (κ1) is 58.2. The summed E-state index contributed by atoms with van der Waals surface area (Å²) in [6.07, 6.45) is -0.523. The lowest BCUT2D eigenvalue weighted by atomic mass is 9.54. The number of likely N-dealkylation sites (N-methyl/N-ethyl adjacent to an activating group) is 2. The van der Waals surface area contributed by atoms with E-state index in [0.29, 0.717) is 24.9 Å². The number of carboxylic acids is 1. The third-order valence-corrected chi connectivity index (χ3v) is 15.8. The van der Waals surface area contributed by atoms with Crippen molar-refractivity contribution in [1.29, 1.82) is 0 Å². The number of Topliss-reactive ketones (excluding diaryl/α,β-unsaturated/α-hetero) is 4. The van der Waals surface area contributed by atoms with Gasteiger partial charge >= 0.3 is 5.97 Å². The molecule has 6 aliphatic carbocycles. The highest BCUT2D eigenvalue weighted by molar-refractivity contribution is 6.26. The number of ketones is 4. The first-order chi connectivity index (χ1) is 35.0. The highest BCUT2D eigenvalue weighted by Crippen LogP contribution is 2.58. The van der Waals surface area contributed by atoms with Gasteiger partial charge in [0.05, 0.1) is 47.5 Å². The van der Waals surface area contributed by atoms with E-state index >= 15 is 0 Å². The third-order valence-electron chi connectivity index (χ3n) is 15.8. The van der Waals surface area contributed by atoms with Crippen LogP contribution in [0.5, 0.6) is 11.5 Å². The van der Waals surface area contributed by atoms with E-state index in [1.54, 1.807) is 19.1 Å². The van der Waals surface area contributed by atoms with E-state index in [-0.39, 0.29) is 40.8 Å². The van der Waals surface area contributed by atoms with Gasteiger partial charge in [0, 0.05) is 28.9 Å². The lowest BCUT2D eigenvalue weighted by Crippen LogP contribution is -2.70. The number of hydrogen-bond donors (Lipinski definition) is 15. The zero-order valence-electron chi connectivity index (χ0n) is 42.2. The minimum absolute atomic E-state index is 0. The van der Waals surface area contributed by atoms with Crippen molar-refractivity contribution in [3.8, 4) is 11.5 Å². The smallest absolute Gasteiger partial charge is 0.320 e. The summed E-state index contributed by atoms with van der Waals surface area (Å²) in [6, 6.07) is 4.97. The fourth-order valence-electron chi connectivity index (χ4n) is 12.2. The van der Waals surface area contributed by atoms with Gasteiger partial charge in [-0.15, -0.1) is 0 Å². The average molecular weight is 1070 g/mol. The van der Waals surface area contributed by atoms with E-state index in [0.717, 1.165) is 0 Å². The molecule has 2 aromatic carbocycles. The third kappa shape index (κ3) is 8.60. The van der Waals surface area contributed by atoms with Gasteiger partial charge in [-0.1, -0.05) is 37.6 Å². The molecule has 76 heavy (non-hydrogen) atoms. The number of carbonyl (C=O) groups is 7. The van der Waals surface area contributed by atoms with Crippen LogP contribution in [0, 0.1) is 23.7 Å². The Morgan fingerprint density at radius 2 is 1.32 bits per heavy atom. The molecule has 0 aliphatic heterocycles. The number of amides is 2. The van der Waals surface area contributed by atoms with Gasteiger partial charge in [0.25, 0.3) is 11.8 Å². The van der Waals surface area contributed by atoms with Gasteiger partial charge in [0.2, 0.25) is 11.6 Å². The molecule has 25 nitrogen and oxygen atoms in total. The zero-order valence-corrected chi connectivity index (χ0v) is 42.2. The molecule has 2 fully saturated rings. The van der Waals surface area contributed by atoms with Crippen molar-refractivity contribution in [2.45, 2.75) is 86.5 Å². The highest BCUT2D eigenvalue weighted by Gasteiger charge is 2.69. The van der Waals surface area contributed by atoms with Crippen LogP contribution in [0.3, 0.4) is 0 Å². The number of benzene rings is 2. The molecule has 0 aromatic heterocycles. The number of unbranched alkanes of at least 4 members (excludes halogenated alkanes) is 1. The molecule has 8 rings (SSSR count). The maximum atomic E-state index is 14.1. The average Bonchev–Trinajstić information content (AvgIpc) is 3.33. The van der Waals surface area contributed by atoms with Gasteiger partial charge in [0.15, 0.2) is 22.8 Å². The predicted octanol–water partition coefficient (Wildman–Crippen LogP) is -1.94. The summed E-state index contributed by atoms with van der Waals surface area (Å²) < 4.78 is 0. The number of hydrogen-bond acceptors (Lipinski definition) is 21. The Bertz CT molecular complexity index is 2940. The molecule has 0 saturated heterocycles. The lowest BCUT2D eigenvalue weighted by Gasteiger charge is -2.53. The fraction of sp³-hybridized carbons (Fsp3) is 0.471. The number of phenols is 2. The molecule has 19 N–H and O–H groups in total. The molecule has 412 valence electrons. The van der Waals surface area contributed by atoms with Gasteiger partial charge in [-0.3, -0.25) is 48.7 Å². The van der Waals surface area contributed by atoms with Crippen LogP contribution in [0.1, 0.15) is 67.7 Å². The Kier molecular flexibility index (Phi) is 15.9. The molecular formula is C51H64N6O19. The largest absolute Gasteiger partial charge is 0.508 e. The standard InChI is InChI=1S/C29H38N4O10.C22H24N2O8.H2O/c1-28(42)13-7-6-9-17(34)18(13)22(35)19-14(28)11-15-21(33(2)3)23(36)20(25(38)29(15,43)24(19)37)26(39)32-12-31-16(27(40)41)8-4-5-10-30;1-7-8-5-4-6-9(25)11(8)16(26)12-10(7)17(27)14-15(24(2)3)18(28)13(21(23)31)20(30)22(14,32)19(12)29;/h6-7,9,14-16,21,31,34-35,38,42-43H,4-5,8,10-12,30H2,1-3H3,(H,32,39)(H,40,41);4-7,10,14-15,17,25-27,30,32H,1-3H3,(H2,23,31);1H2/t14?,15-,16-,21-,28+,29-;7-,10+,14+,15-,17-,22-;/m00./s1. The summed E-state index contributed by atoms with van der Waals surface area (Å²) >= 11 is 0. The summed E-state index contributed by atoms with van der Waals surface area (Å²) in [5.41, 5.74) is 0.799. The number of fused-ring (bicyclic) bond motifs is 6. The van der Waals surface area contributed by atoms with Crippen LogP contribution in [0.2, 0.25) is 0 Å². The van der Waals surface area contributed by atoms with Crippen molar-refractivity contribution >= 4 is 52.4 Å². The van der Waals surface area contributed by atoms with E-state index in [4.69, 9.17) is 11.5 Å². The van der Waals surface area contributed by atoms with Crippen LogP contribution >= 0.6 is 0 Å². The molecule has 0 bridgehead atoms. The van der Waals surface area contributed by atoms with Crippen LogP contribution in [0.4, 0.5) is 0 Å². The second-order valence-electron chi connectivity index (χ2n) is 20.4. The Balaban J connectivity index is 0.000000253. The van der Waals surface area contributed by atoms with Crippen LogP contribution in [0.15, 0.2) is 70.2 Å². The van der Waals surface area contributed by atoms with E-state index in [1.165, 1.54) is 69.2 Å². The summed E-state index contributed by atoms with van der Waals surface area (Å²) in [5, 5.41) is 126. The number of nitrogens with zero attached hydrogens (tertiary/aromatic N) is 2. The number of phenolic OH excluding ortho intramolecular Hbond substituents is 2. The summed E-state index contributed by atoms with van der Waals surface area (Å²) in [5.74, 6) is -18.2. The number of nitrogens with one attached hydrogen (secondary N) is 2. The Morgan fingerprint density at radius 1 is 0.776 bits per heavy atom. The second-order valence-corrected chi connectivity index (χ2v) is 20.4. The number of aliphatic hydroxyl groups excluding tert-OH is 5. The molecule has 1 unspecified atom stereocenters. The van der Waals surface area contributed by atoms with Crippen molar-refractivity contribution < 1.29 is 95.2 Å². The predicted molar refractivity (Wildman–Crippen MR) is 265 cm³/mol. The van der Waals surface area contributed by atoms with Gasteiger partial charge in [-0.25, -0.2) is 0 Å². The van der Waals surface area contributed by atoms with Crippen molar-refractivity contribution in [3.63, 3.8) is 0 Å². The quantitative estimate of drug-likeness (QED) is 0.0625. The Morgan fingerprint density at radius 3 is 1.88 bits per heavy atom. The number of aromatic hydroxyl groups is 2. The van der Waals surface area contributed by atoms with Gasteiger partial charge in [0.1, 0.15) is 51.7 Å². The lowest BCUT2D eigenvalue weighted by molar-refractivity contribution is -0.169. The molecule has 2 saturated carbocycles. The monoisotopic (exact) mass is 1060 g/mol. The molecule has 6 aliphatic rings. The zero-order chi connectivity index (χ0) is 55.9. The van der Waals surface area contributed by atoms with Gasteiger partial charge < -0.3 is 78.4 Å². The van der Waals surface area contributed by atoms with E-state index < -0.39 is 169 Å². The number of primary amides is 1. The molecule has 0 heterocycles. The van der Waals surface area contributed by atoms with E-state index in [2.05, 4.69) is 10.6 Å². The van der Waals surface area contributed by atoms with E-state index in [9.17, 15) is 89.7 Å². The van der Waals surface area contributed by atoms with Crippen LogP contribution in [-0.4, -0.2) is 189 Å². The second kappa shape index (κ2) is 20.8. The maximum absolute atomic E-state index is 14.1. The van der Waals surface area contributed by atoms with Crippen molar-refractivity contribution in [1.82, 2.24) is 20.4 Å². The molecule has 2 amide bonds. The minimum Gasteiger partial charge on any atom is -0.508 e. The first-order valence-electron chi connectivity index (χ1n) is 24.0. The SMILES string of the molecule is CN(C)[C@@H]1C(=O)C(C(=O)NCN[C@@H](CCCCN)C(=O)O)=C(O)[C@@]2(O)C(=O)C3=C(O)c4c(O)cccc4[C@@](C)(O)C3C[C@@H]12.C[C@H]1c2cccc(O)c2C(O)=C2C(=O)[C@]3(O)C(O)=C(C(N)=O)C(=O)[C@@H](N(C)C)[C@@H]3[C@@H](O)[C@@H]21.O. The molecule has 25 heteroatoms. The maximum Gasteiger partial charge on any atom is 0.320 e. The highest BCUT2D eigenvalue weighted by atomic mass is 16.4. The number of aliphatic carboxylic acids is 1. The number of carbonyl (C=O) groups excluding carboxylic acids is 6. The Labute approximate surface area is 434 Å². The summed E-state index contributed by atoms with van der Waals surface area (Å²) in [4.78, 5) is 93.9. The first-order valence-corrected chi connectivity index (χ1v) is 24.0. The van der Waals surface area contributed by atoms with Crippen molar-refractivity contribution in [3.05, 3.63) is 92.5 Å². The van der Waals surface area contributed by atoms with Crippen LogP contribution in [0.25, 0.3) is 11.5 Å². The van der Waals surface area contributed by atoms with E-state index in [1.807, 2.05) is 0 Å². The van der Waals surface area contributed by atoms with Gasteiger partial charge in [-0.05, 0) is 90.1 Å². The van der Waals surface area contributed by atoms with Gasteiger partial charge in [-0.2, -0.15) is 0 Å². The van der Waals surface area contributed by atoms with Crippen molar-refractivity contribution in [2.24, 2.45) is 35.1 Å². The molecule has 2 aromatic rings. The van der Waals surface area contributed by atoms with Crippen molar-refractivity contribution in [2.75, 3.05) is 41.4 Å². The Hall–Kier alpha value is -7.07.